The van der Waals surface area contributed by atoms with Gasteiger partial charge >= 0.3 is 0 Å². The van der Waals surface area contributed by atoms with Gasteiger partial charge in [0.2, 0.25) is 5.88 Å². The minimum atomic E-state index is -0.122. The monoisotopic (exact) mass is 388 g/mol. The van der Waals surface area contributed by atoms with Crippen molar-refractivity contribution in [3.05, 3.63) is 77.3 Å². The van der Waals surface area contributed by atoms with Crippen LogP contribution in [0.2, 0.25) is 0 Å². The molecule has 4 rings (SSSR count). The highest BCUT2D eigenvalue weighted by Gasteiger charge is 2.29. The molecule has 0 spiro atoms. The average Bonchev–Trinajstić information content (AvgIpc) is 3.31. The first-order chi connectivity index (χ1) is 14.2. The fourth-order valence-electron chi connectivity index (χ4n) is 3.87. The molecular formula is C23H24N4O2. The van der Waals surface area contributed by atoms with Crippen LogP contribution in [0.25, 0.3) is 5.88 Å². The molecule has 0 saturated carbocycles. The Morgan fingerprint density at radius 2 is 1.83 bits per heavy atom. The molecule has 0 bridgehead atoms. The maximum absolute atomic E-state index is 13.3. The van der Waals surface area contributed by atoms with E-state index in [0.29, 0.717) is 35.9 Å². The number of nitriles is 1. The number of hydrogen-bond acceptors (Lipinski definition) is 4. The molecule has 1 aromatic carbocycles. The largest absolute Gasteiger partial charge is 0.443 e. The Morgan fingerprint density at radius 1 is 1.07 bits per heavy atom. The van der Waals surface area contributed by atoms with E-state index in [-0.39, 0.29) is 5.91 Å². The molecule has 0 radical (unpaired) electrons. The van der Waals surface area contributed by atoms with Gasteiger partial charge in [0, 0.05) is 45.1 Å². The van der Waals surface area contributed by atoms with Crippen molar-refractivity contribution in [3.63, 3.8) is 0 Å². The quantitative estimate of drug-likeness (QED) is 0.685. The molecular weight excluding hydrogens is 364 g/mol. The van der Waals surface area contributed by atoms with Crippen molar-refractivity contribution in [2.45, 2.75) is 19.9 Å². The van der Waals surface area contributed by atoms with Crippen LogP contribution in [0.15, 0.2) is 59.3 Å². The van der Waals surface area contributed by atoms with Crippen LogP contribution in [0.3, 0.4) is 0 Å². The topological polar surface area (TPSA) is 65.4 Å². The average molecular weight is 388 g/mol. The van der Waals surface area contributed by atoms with Gasteiger partial charge in [-0.2, -0.15) is 5.26 Å². The lowest BCUT2D eigenvalue weighted by atomic mass is 10.1. The van der Waals surface area contributed by atoms with Crippen molar-refractivity contribution in [2.75, 3.05) is 26.2 Å². The number of carbonyl (C=O) groups is 1. The van der Waals surface area contributed by atoms with Crippen molar-refractivity contribution in [1.82, 2.24) is 14.4 Å². The van der Waals surface area contributed by atoms with Crippen molar-refractivity contribution in [3.8, 4) is 12.0 Å². The second kappa shape index (κ2) is 8.38. The summed E-state index contributed by atoms with van der Waals surface area (Å²) in [6.45, 7) is 5.71. The van der Waals surface area contributed by atoms with Crippen molar-refractivity contribution < 1.29 is 9.21 Å². The zero-order valence-corrected chi connectivity index (χ0v) is 16.5. The molecule has 2 aromatic heterocycles. The summed E-state index contributed by atoms with van der Waals surface area (Å²) < 4.78 is 7.54. The molecule has 1 aliphatic rings. The SMILES string of the molecule is Cc1oc(-n2cccc2)c(C#N)c1C(=O)N1CCCN(Cc2ccccc2)CC1. The Morgan fingerprint density at radius 3 is 2.55 bits per heavy atom. The van der Waals surface area contributed by atoms with Crippen LogP contribution in [0, 0.1) is 18.3 Å². The lowest BCUT2D eigenvalue weighted by molar-refractivity contribution is 0.0759. The molecule has 3 heterocycles. The van der Waals surface area contributed by atoms with E-state index < -0.39 is 0 Å². The highest BCUT2D eigenvalue weighted by Crippen LogP contribution is 2.27. The molecule has 29 heavy (non-hydrogen) atoms. The van der Waals surface area contributed by atoms with E-state index in [4.69, 9.17) is 4.42 Å². The molecule has 0 atom stereocenters. The van der Waals surface area contributed by atoms with E-state index >= 15 is 0 Å². The predicted octanol–water partition coefficient (Wildman–Crippen LogP) is 3.60. The lowest BCUT2D eigenvalue weighted by Gasteiger charge is -2.22. The van der Waals surface area contributed by atoms with Crippen molar-refractivity contribution >= 4 is 5.91 Å². The van der Waals surface area contributed by atoms with Gasteiger partial charge in [0.05, 0.1) is 0 Å². The van der Waals surface area contributed by atoms with Gasteiger partial charge in [0.15, 0.2) is 0 Å². The second-order valence-corrected chi connectivity index (χ2v) is 7.32. The molecule has 1 amide bonds. The molecule has 1 aliphatic heterocycles. The van der Waals surface area contributed by atoms with Crippen LogP contribution < -0.4 is 0 Å². The second-order valence-electron chi connectivity index (χ2n) is 7.32. The van der Waals surface area contributed by atoms with Gasteiger partial charge in [-0.15, -0.1) is 0 Å². The molecule has 148 valence electrons. The number of carbonyl (C=O) groups excluding carboxylic acids is 1. The number of furan rings is 1. The fourth-order valence-corrected chi connectivity index (χ4v) is 3.87. The van der Waals surface area contributed by atoms with Crippen molar-refractivity contribution in [2.24, 2.45) is 0 Å². The maximum atomic E-state index is 13.3. The number of amides is 1. The van der Waals surface area contributed by atoms with E-state index in [9.17, 15) is 10.1 Å². The van der Waals surface area contributed by atoms with Gasteiger partial charge in [-0.3, -0.25) is 14.3 Å². The summed E-state index contributed by atoms with van der Waals surface area (Å²) in [7, 11) is 0. The van der Waals surface area contributed by atoms with Crippen LogP contribution in [-0.4, -0.2) is 46.5 Å². The summed E-state index contributed by atoms with van der Waals surface area (Å²) in [6, 6.07) is 16.3. The Hall–Kier alpha value is -3.30. The molecule has 0 unspecified atom stereocenters. The maximum Gasteiger partial charge on any atom is 0.258 e. The normalized spacial score (nSPS) is 15.1. The summed E-state index contributed by atoms with van der Waals surface area (Å²) in [5, 5.41) is 9.72. The summed E-state index contributed by atoms with van der Waals surface area (Å²) in [5.41, 5.74) is 1.96. The highest BCUT2D eigenvalue weighted by atomic mass is 16.4. The smallest absolute Gasteiger partial charge is 0.258 e. The molecule has 3 aromatic rings. The van der Waals surface area contributed by atoms with E-state index in [2.05, 4.69) is 35.2 Å². The van der Waals surface area contributed by atoms with Gasteiger partial charge in [-0.1, -0.05) is 30.3 Å². The van der Waals surface area contributed by atoms with Gasteiger partial charge in [0.1, 0.15) is 23.0 Å². The van der Waals surface area contributed by atoms with E-state index in [0.717, 1.165) is 26.1 Å². The number of nitrogens with zero attached hydrogens (tertiary/aromatic N) is 4. The molecule has 6 nitrogen and oxygen atoms in total. The zero-order chi connectivity index (χ0) is 20.2. The van der Waals surface area contributed by atoms with E-state index in [1.165, 1.54) is 5.56 Å². The predicted molar refractivity (Wildman–Crippen MR) is 110 cm³/mol. The summed E-state index contributed by atoms with van der Waals surface area (Å²) in [6.07, 6.45) is 4.52. The van der Waals surface area contributed by atoms with Gasteiger partial charge in [-0.25, -0.2) is 0 Å². The van der Waals surface area contributed by atoms with Gasteiger partial charge in [0.25, 0.3) is 5.91 Å². The van der Waals surface area contributed by atoms with Gasteiger partial charge < -0.3 is 9.32 Å². The number of aromatic nitrogens is 1. The summed E-state index contributed by atoms with van der Waals surface area (Å²) in [4.78, 5) is 17.5. The Kier molecular flexibility index (Phi) is 5.50. The number of hydrogen-bond donors (Lipinski definition) is 0. The van der Waals surface area contributed by atoms with E-state index in [1.54, 1.807) is 23.9 Å². The Bertz CT molecular complexity index is 1020. The fraction of sp³-hybridized carbons (Fsp3) is 0.304. The molecule has 1 fully saturated rings. The Balaban J connectivity index is 1.51. The number of aryl methyl sites for hydroxylation is 1. The summed E-state index contributed by atoms with van der Waals surface area (Å²) in [5.74, 6) is 0.766. The first-order valence-corrected chi connectivity index (χ1v) is 9.89. The van der Waals surface area contributed by atoms with Gasteiger partial charge in [-0.05, 0) is 31.0 Å². The van der Waals surface area contributed by atoms with Crippen LogP contribution >= 0.6 is 0 Å². The Labute approximate surface area is 170 Å². The molecule has 0 N–H and O–H groups in total. The van der Waals surface area contributed by atoms with Crippen LogP contribution in [0.1, 0.15) is 33.7 Å². The van der Waals surface area contributed by atoms with Crippen LogP contribution in [0.4, 0.5) is 0 Å². The lowest BCUT2D eigenvalue weighted by Crippen LogP contribution is -2.35. The van der Waals surface area contributed by atoms with Crippen LogP contribution in [-0.2, 0) is 6.54 Å². The first-order valence-electron chi connectivity index (χ1n) is 9.89. The third kappa shape index (κ3) is 3.96. The zero-order valence-electron chi connectivity index (χ0n) is 16.5. The third-order valence-corrected chi connectivity index (χ3v) is 5.36. The first kappa shape index (κ1) is 19.0. The molecule has 0 aliphatic carbocycles. The number of benzene rings is 1. The molecule has 6 heteroatoms. The van der Waals surface area contributed by atoms with E-state index in [1.807, 2.05) is 23.1 Å². The number of rotatable bonds is 4. The van der Waals surface area contributed by atoms with Crippen LogP contribution in [0.5, 0.6) is 0 Å². The highest BCUT2D eigenvalue weighted by molar-refractivity contribution is 5.98. The van der Waals surface area contributed by atoms with Crippen molar-refractivity contribution in [1.29, 1.82) is 5.26 Å². The third-order valence-electron chi connectivity index (χ3n) is 5.36. The minimum Gasteiger partial charge on any atom is -0.443 e. The molecule has 1 saturated heterocycles. The summed E-state index contributed by atoms with van der Waals surface area (Å²) >= 11 is 0. The minimum absolute atomic E-state index is 0.122. The standard InChI is InChI=1S/C23H24N4O2/c1-18-21(20(16-24)23(29-18)27-11-5-6-12-27)22(28)26-13-7-10-25(14-15-26)17-19-8-3-2-4-9-19/h2-6,8-9,11-12H,7,10,13-15,17H2,1H3.